The van der Waals surface area contributed by atoms with Gasteiger partial charge in [-0.1, -0.05) is 0 Å². The van der Waals surface area contributed by atoms with Crippen molar-refractivity contribution in [3.63, 3.8) is 0 Å². The number of aliphatic hydroxyl groups excluding tert-OH is 15. The van der Waals surface area contributed by atoms with E-state index in [1.54, 1.807) is 0 Å². The van der Waals surface area contributed by atoms with E-state index in [-0.39, 0.29) is 0 Å². The number of ether oxygens (including phenoxy) is 6. The molecule has 0 bridgehead atoms. The summed E-state index contributed by atoms with van der Waals surface area (Å²) in [5.41, 5.74) is 0. The van der Waals surface area contributed by atoms with Gasteiger partial charge in [0.2, 0.25) is 0 Å². The molecule has 19 atom stereocenters. The van der Waals surface area contributed by atoms with Crippen molar-refractivity contribution in [1.29, 1.82) is 0 Å². The van der Waals surface area contributed by atoms with Crippen LogP contribution < -0.4 is 0 Å². The van der Waals surface area contributed by atoms with Crippen LogP contribution in [0.25, 0.3) is 0 Å². The summed E-state index contributed by atoms with van der Waals surface area (Å²) in [4.78, 5) is 0. The number of aliphatic hydroxyl groups is 15. The van der Waals surface area contributed by atoms with Crippen LogP contribution in [0.4, 0.5) is 0 Å². The summed E-state index contributed by atoms with van der Waals surface area (Å²) in [7, 11) is 0. The van der Waals surface area contributed by atoms with Gasteiger partial charge in [-0.3, -0.25) is 0 Å². The predicted octanol–water partition coefficient (Wildman–Crippen LogP) is -10.1. The molecule has 0 aromatic heterocycles. The van der Waals surface area contributed by atoms with E-state index < -0.39 is 150 Å². The molecule has 0 saturated carbocycles. The van der Waals surface area contributed by atoms with Gasteiger partial charge in [-0.15, -0.1) is 0 Å². The van der Waals surface area contributed by atoms with Crippen LogP contribution in [0.2, 0.25) is 0 Å². The third-order valence-electron chi connectivity index (χ3n) is 7.83. The lowest BCUT2D eigenvalue weighted by atomic mass is 9.96. The molecule has 0 spiro atoms. The maximum absolute atomic E-state index is 10.8. The molecule has 3 saturated heterocycles. The molecule has 21 heteroatoms. The molecule has 3 rings (SSSR count). The van der Waals surface area contributed by atoms with Gasteiger partial charge in [0, 0.05) is 0 Å². The summed E-state index contributed by atoms with van der Waals surface area (Å²) in [6.45, 7) is -4.38. The molecular weight excluding hydrogens is 624 g/mol. The molecular formula is C24H44O21. The van der Waals surface area contributed by atoms with Crippen LogP contribution in [0.3, 0.4) is 0 Å². The van der Waals surface area contributed by atoms with E-state index in [9.17, 15) is 71.5 Å². The SMILES string of the molecule is OC[C@H](O)[C@H](O)[C@@H](O[C@@H]1O[C@H](CO)[C@H](O[C@@H]2O[C@H](CO[C@@H]3O[C@H](CO)[C@H](O)[C@H](O)[C@H]3O)[C@H](O)[C@H](O)[C@H]2O)[C@H](O)[C@H]1O)[C@@H](O)CO. The number of rotatable bonds is 14. The van der Waals surface area contributed by atoms with Crippen LogP contribution in [0.5, 0.6) is 0 Å². The Hall–Kier alpha value is -0.840. The Balaban J connectivity index is 1.70. The van der Waals surface area contributed by atoms with Gasteiger partial charge in [0.25, 0.3) is 0 Å². The lowest BCUT2D eigenvalue weighted by Gasteiger charge is -2.47. The van der Waals surface area contributed by atoms with Gasteiger partial charge >= 0.3 is 0 Å². The minimum absolute atomic E-state index is 0.699. The molecule has 21 nitrogen and oxygen atoms in total. The third kappa shape index (κ3) is 8.61. The molecule has 0 amide bonds. The van der Waals surface area contributed by atoms with E-state index in [4.69, 9.17) is 33.5 Å². The van der Waals surface area contributed by atoms with Crippen molar-refractivity contribution in [2.24, 2.45) is 0 Å². The van der Waals surface area contributed by atoms with Crippen LogP contribution in [0.15, 0.2) is 0 Å². The van der Waals surface area contributed by atoms with E-state index >= 15 is 0 Å². The highest BCUT2D eigenvalue weighted by atomic mass is 16.8. The molecule has 3 aliphatic heterocycles. The van der Waals surface area contributed by atoms with Gasteiger partial charge in [0.1, 0.15) is 97.7 Å². The molecule has 3 heterocycles. The van der Waals surface area contributed by atoms with E-state index in [2.05, 4.69) is 0 Å². The molecule has 0 unspecified atom stereocenters. The summed E-state index contributed by atoms with van der Waals surface area (Å²) < 4.78 is 32.3. The largest absolute Gasteiger partial charge is 0.394 e. The van der Waals surface area contributed by atoms with Crippen molar-refractivity contribution in [3.8, 4) is 0 Å². The maximum Gasteiger partial charge on any atom is 0.187 e. The molecule has 0 radical (unpaired) electrons. The minimum Gasteiger partial charge on any atom is -0.394 e. The summed E-state index contributed by atoms with van der Waals surface area (Å²) in [5, 5.41) is 150. The van der Waals surface area contributed by atoms with Crippen molar-refractivity contribution < 1.29 is 105 Å². The minimum atomic E-state index is -2.08. The fourth-order valence-electron chi connectivity index (χ4n) is 5.03. The zero-order valence-corrected chi connectivity index (χ0v) is 23.7. The van der Waals surface area contributed by atoms with Crippen LogP contribution in [0.1, 0.15) is 0 Å². The topological polar surface area (TPSA) is 359 Å². The van der Waals surface area contributed by atoms with E-state index in [1.165, 1.54) is 0 Å². The van der Waals surface area contributed by atoms with Crippen molar-refractivity contribution in [2.75, 3.05) is 33.0 Å². The Kier molecular flexibility index (Phi) is 14.6. The van der Waals surface area contributed by atoms with E-state index in [0.717, 1.165) is 0 Å². The molecule has 0 aromatic carbocycles. The summed E-state index contributed by atoms with van der Waals surface area (Å²) in [5.74, 6) is 0. The van der Waals surface area contributed by atoms with Crippen LogP contribution in [0, 0.1) is 0 Å². The highest BCUT2D eigenvalue weighted by Crippen LogP contribution is 2.31. The second-order valence-electron chi connectivity index (χ2n) is 10.9. The Morgan fingerprint density at radius 3 is 1.56 bits per heavy atom. The van der Waals surface area contributed by atoms with Gasteiger partial charge in [-0.25, -0.2) is 0 Å². The molecule has 0 aromatic rings. The Labute approximate surface area is 255 Å². The highest BCUT2D eigenvalue weighted by molar-refractivity contribution is 4.95. The van der Waals surface area contributed by atoms with Crippen molar-refractivity contribution in [1.82, 2.24) is 0 Å². The van der Waals surface area contributed by atoms with Crippen LogP contribution in [-0.4, -0.2) is 226 Å². The zero-order chi connectivity index (χ0) is 33.7. The number of hydrogen-bond donors (Lipinski definition) is 15. The Morgan fingerprint density at radius 2 is 1.00 bits per heavy atom. The van der Waals surface area contributed by atoms with Crippen LogP contribution >= 0.6 is 0 Å². The molecule has 0 aliphatic carbocycles. The maximum atomic E-state index is 10.8. The van der Waals surface area contributed by atoms with Crippen molar-refractivity contribution >= 4 is 0 Å². The second-order valence-corrected chi connectivity index (χ2v) is 10.9. The van der Waals surface area contributed by atoms with Gasteiger partial charge in [-0.2, -0.15) is 0 Å². The lowest BCUT2D eigenvalue weighted by molar-refractivity contribution is -0.372. The summed E-state index contributed by atoms with van der Waals surface area (Å²) in [6, 6.07) is 0. The zero-order valence-electron chi connectivity index (χ0n) is 23.7. The first-order valence-corrected chi connectivity index (χ1v) is 14.0. The first-order chi connectivity index (χ1) is 21.2. The molecule has 3 fully saturated rings. The first-order valence-electron chi connectivity index (χ1n) is 14.0. The third-order valence-corrected chi connectivity index (χ3v) is 7.83. The van der Waals surface area contributed by atoms with E-state index in [1.807, 2.05) is 0 Å². The second kappa shape index (κ2) is 17.0. The Bertz CT molecular complexity index is 869. The first kappa shape index (κ1) is 38.6. The average Bonchev–Trinajstić information content (AvgIpc) is 3.04. The molecule has 3 aliphatic rings. The van der Waals surface area contributed by atoms with Gasteiger partial charge in [-0.05, 0) is 0 Å². The van der Waals surface area contributed by atoms with Gasteiger partial charge < -0.3 is 105 Å². The summed E-state index contributed by atoms with van der Waals surface area (Å²) >= 11 is 0. The normalized spacial score (nSPS) is 45.5. The van der Waals surface area contributed by atoms with Crippen molar-refractivity contribution in [3.05, 3.63) is 0 Å². The smallest absolute Gasteiger partial charge is 0.187 e. The highest BCUT2D eigenvalue weighted by Gasteiger charge is 2.52. The Morgan fingerprint density at radius 1 is 0.511 bits per heavy atom. The average molecular weight is 669 g/mol. The fourth-order valence-corrected chi connectivity index (χ4v) is 5.03. The van der Waals surface area contributed by atoms with Gasteiger partial charge in [0.15, 0.2) is 18.9 Å². The fraction of sp³-hybridized carbons (Fsp3) is 1.00. The lowest BCUT2D eigenvalue weighted by Crippen LogP contribution is -2.65. The molecule has 15 N–H and O–H groups in total. The quantitative estimate of drug-likeness (QED) is 0.0816. The predicted molar refractivity (Wildman–Crippen MR) is 136 cm³/mol. The summed E-state index contributed by atoms with van der Waals surface area (Å²) in [6.07, 6.45) is -34.5. The van der Waals surface area contributed by atoms with E-state index in [0.29, 0.717) is 0 Å². The molecule has 266 valence electrons. The number of hydrogen-bond acceptors (Lipinski definition) is 21. The van der Waals surface area contributed by atoms with Crippen LogP contribution in [-0.2, 0) is 28.4 Å². The van der Waals surface area contributed by atoms with Crippen molar-refractivity contribution in [2.45, 2.75) is 117 Å². The monoisotopic (exact) mass is 668 g/mol. The standard InChI is InChI=1S/C24H44O21/c25-1-6(29)11(31)20(7(30)2-26)44-24-19(39)16(36)21(9(4-28)42-24)45-23-18(38)15(35)13(33)10(43-23)5-40-22-17(37)14(34)12(32)8(3-27)41-22/h6-39H,1-5H2/t6-,7-,8+,9+,10+,11-,12-,13-,14-,15-,16+,17+,18+,19+,20-,21-,22+,23-,24-/m0/s1. The molecule has 45 heavy (non-hydrogen) atoms. The van der Waals surface area contributed by atoms with Gasteiger partial charge in [0.05, 0.1) is 33.0 Å².